The van der Waals surface area contributed by atoms with Gasteiger partial charge in [0.2, 0.25) is 0 Å². The van der Waals surface area contributed by atoms with Crippen molar-refractivity contribution in [2.75, 3.05) is 18.0 Å². The number of rotatable bonds is 8. The van der Waals surface area contributed by atoms with Crippen molar-refractivity contribution < 1.29 is 0 Å². The highest BCUT2D eigenvalue weighted by Gasteiger charge is 2.21. The molecular formula is C14H25N3S. The summed E-state index contributed by atoms with van der Waals surface area (Å²) in [5.74, 6) is 0. The predicted molar refractivity (Wildman–Crippen MR) is 79.5 cm³/mol. The molecule has 0 amide bonds. The van der Waals surface area contributed by atoms with Gasteiger partial charge in [0.05, 0.1) is 5.69 Å². The molecule has 102 valence electrons. The van der Waals surface area contributed by atoms with Crippen LogP contribution in [0.1, 0.15) is 50.1 Å². The van der Waals surface area contributed by atoms with E-state index in [1.54, 1.807) is 0 Å². The van der Waals surface area contributed by atoms with Crippen molar-refractivity contribution in [1.82, 2.24) is 10.3 Å². The standard InChI is InChI=1S/C14H25N3S/c1-4-8-17(9-5-2)14-16-11(3)13(18-14)10-15-12-6-7-12/h12,15H,4-10H2,1-3H3. The molecule has 4 heteroatoms. The Bertz CT molecular complexity index is 365. The fraction of sp³-hybridized carbons (Fsp3) is 0.786. The molecule has 0 spiro atoms. The van der Waals surface area contributed by atoms with Gasteiger partial charge in [-0.3, -0.25) is 0 Å². The smallest absolute Gasteiger partial charge is 0.185 e. The summed E-state index contributed by atoms with van der Waals surface area (Å²) in [5, 5.41) is 4.79. The van der Waals surface area contributed by atoms with Crippen LogP contribution in [0.5, 0.6) is 0 Å². The van der Waals surface area contributed by atoms with Gasteiger partial charge in [-0.25, -0.2) is 4.98 Å². The van der Waals surface area contributed by atoms with E-state index >= 15 is 0 Å². The molecule has 1 heterocycles. The van der Waals surface area contributed by atoms with Crippen molar-refractivity contribution in [1.29, 1.82) is 0 Å². The Morgan fingerprint density at radius 2 is 1.94 bits per heavy atom. The number of aryl methyl sites for hydroxylation is 1. The summed E-state index contributed by atoms with van der Waals surface area (Å²) < 4.78 is 0. The van der Waals surface area contributed by atoms with Crippen LogP contribution in [0.2, 0.25) is 0 Å². The first-order valence-corrected chi connectivity index (χ1v) is 8.00. The lowest BCUT2D eigenvalue weighted by Crippen LogP contribution is -2.24. The van der Waals surface area contributed by atoms with Crippen LogP contribution in [0, 0.1) is 6.92 Å². The van der Waals surface area contributed by atoms with Crippen LogP contribution in [0.15, 0.2) is 0 Å². The van der Waals surface area contributed by atoms with Crippen LogP contribution >= 0.6 is 11.3 Å². The van der Waals surface area contributed by atoms with Crippen LogP contribution in [-0.2, 0) is 6.54 Å². The molecule has 0 saturated heterocycles. The highest BCUT2D eigenvalue weighted by atomic mass is 32.1. The Labute approximate surface area is 115 Å². The third-order valence-electron chi connectivity index (χ3n) is 3.27. The number of hydrogen-bond acceptors (Lipinski definition) is 4. The topological polar surface area (TPSA) is 28.2 Å². The minimum atomic E-state index is 0.775. The molecule has 0 unspecified atom stereocenters. The summed E-state index contributed by atoms with van der Waals surface area (Å²) in [6.45, 7) is 9.85. The zero-order chi connectivity index (χ0) is 13.0. The molecule has 1 aliphatic carbocycles. The van der Waals surface area contributed by atoms with Crippen molar-refractivity contribution in [2.45, 2.75) is 59.0 Å². The van der Waals surface area contributed by atoms with Gasteiger partial charge >= 0.3 is 0 Å². The summed E-state index contributed by atoms with van der Waals surface area (Å²) in [6.07, 6.45) is 5.08. The summed E-state index contributed by atoms with van der Waals surface area (Å²) in [4.78, 5) is 8.59. The van der Waals surface area contributed by atoms with E-state index in [1.807, 2.05) is 11.3 Å². The molecule has 1 aromatic heterocycles. The zero-order valence-electron chi connectivity index (χ0n) is 11.8. The van der Waals surface area contributed by atoms with E-state index in [0.29, 0.717) is 0 Å². The molecule has 18 heavy (non-hydrogen) atoms. The quantitative estimate of drug-likeness (QED) is 0.783. The van der Waals surface area contributed by atoms with Gasteiger partial charge in [0.15, 0.2) is 5.13 Å². The number of anilines is 1. The van der Waals surface area contributed by atoms with Gasteiger partial charge in [-0.2, -0.15) is 0 Å². The molecule has 3 nitrogen and oxygen atoms in total. The number of nitrogens with zero attached hydrogens (tertiary/aromatic N) is 2. The second kappa shape index (κ2) is 6.53. The van der Waals surface area contributed by atoms with Gasteiger partial charge in [-0.1, -0.05) is 13.8 Å². The van der Waals surface area contributed by atoms with E-state index in [1.165, 1.54) is 41.4 Å². The second-order valence-corrected chi connectivity index (χ2v) is 6.21. The molecule has 1 aromatic rings. The van der Waals surface area contributed by atoms with E-state index in [2.05, 4.69) is 31.0 Å². The molecule has 1 fully saturated rings. The SMILES string of the molecule is CCCN(CCC)c1nc(C)c(CNC2CC2)s1. The molecule has 2 rings (SSSR count). The van der Waals surface area contributed by atoms with Crippen molar-refractivity contribution in [3.8, 4) is 0 Å². The minimum Gasteiger partial charge on any atom is -0.348 e. The van der Waals surface area contributed by atoms with E-state index in [9.17, 15) is 0 Å². The summed E-state index contributed by atoms with van der Waals surface area (Å²) >= 11 is 1.87. The highest BCUT2D eigenvalue weighted by Crippen LogP contribution is 2.27. The van der Waals surface area contributed by atoms with Gasteiger partial charge in [-0.15, -0.1) is 11.3 Å². The average molecular weight is 267 g/mol. The zero-order valence-corrected chi connectivity index (χ0v) is 12.6. The monoisotopic (exact) mass is 267 g/mol. The van der Waals surface area contributed by atoms with Gasteiger partial charge in [0.1, 0.15) is 0 Å². The fourth-order valence-corrected chi connectivity index (χ4v) is 3.14. The first-order valence-electron chi connectivity index (χ1n) is 7.19. The van der Waals surface area contributed by atoms with Gasteiger partial charge in [0.25, 0.3) is 0 Å². The summed E-state index contributed by atoms with van der Waals surface area (Å²) in [5.41, 5.74) is 1.21. The largest absolute Gasteiger partial charge is 0.348 e. The molecule has 0 aliphatic heterocycles. The lowest BCUT2D eigenvalue weighted by molar-refractivity contribution is 0.691. The average Bonchev–Trinajstić information content (AvgIpc) is 3.10. The van der Waals surface area contributed by atoms with Gasteiger partial charge < -0.3 is 10.2 Å². The van der Waals surface area contributed by atoms with Crippen LogP contribution in [0.25, 0.3) is 0 Å². The predicted octanol–water partition coefficient (Wildman–Crippen LogP) is 3.33. The van der Waals surface area contributed by atoms with Crippen molar-refractivity contribution in [3.63, 3.8) is 0 Å². The number of hydrogen-bond donors (Lipinski definition) is 1. The third kappa shape index (κ3) is 3.69. The Hall–Kier alpha value is -0.610. The van der Waals surface area contributed by atoms with Crippen molar-refractivity contribution >= 4 is 16.5 Å². The van der Waals surface area contributed by atoms with E-state index < -0.39 is 0 Å². The molecule has 1 aliphatic rings. The Kier molecular flexibility index (Phi) is 5.01. The molecule has 0 radical (unpaired) electrons. The molecule has 1 saturated carbocycles. The van der Waals surface area contributed by atoms with Crippen molar-refractivity contribution in [2.24, 2.45) is 0 Å². The Balaban J connectivity index is 1.99. The number of aromatic nitrogens is 1. The van der Waals surface area contributed by atoms with Crippen LogP contribution in [0.3, 0.4) is 0 Å². The van der Waals surface area contributed by atoms with E-state index in [-0.39, 0.29) is 0 Å². The molecular weight excluding hydrogens is 242 g/mol. The van der Waals surface area contributed by atoms with Crippen LogP contribution in [0.4, 0.5) is 5.13 Å². The molecule has 0 aromatic carbocycles. The van der Waals surface area contributed by atoms with Gasteiger partial charge in [0, 0.05) is 30.6 Å². The maximum Gasteiger partial charge on any atom is 0.185 e. The molecule has 1 N–H and O–H groups in total. The molecule has 0 bridgehead atoms. The second-order valence-electron chi connectivity index (χ2n) is 5.15. The van der Waals surface area contributed by atoms with Crippen molar-refractivity contribution in [3.05, 3.63) is 10.6 Å². The summed E-state index contributed by atoms with van der Waals surface area (Å²) in [7, 11) is 0. The van der Waals surface area contributed by atoms with E-state index in [4.69, 9.17) is 4.98 Å². The number of nitrogens with one attached hydrogen (secondary N) is 1. The maximum atomic E-state index is 4.75. The lowest BCUT2D eigenvalue weighted by atomic mass is 10.4. The highest BCUT2D eigenvalue weighted by molar-refractivity contribution is 7.15. The molecule has 0 atom stereocenters. The first kappa shape index (κ1) is 13.8. The number of thiazole rings is 1. The first-order chi connectivity index (χ1) is 8.74. The Morgan fingerprint density at radius 3 is 2.50 bits per heavy atom. The fourth-order valence-electron chi connectivity index (χ4n) is 2.08. The van der Waals surface area contributed by atoms with E-state index in [0.717, 1.165) is 25.7 Å². The third-order valence-corrected chi connectivity index (χ3v) is 4.49. The minimum absolute atomic E-state index is 0.775. The normalized spacial score (nSPS) is 15.1. The Morgan fingerprint density at radius 1 is 1.28 bits per heavy atom. The lowest BCUT2D eigenvalue weighted by Gasteiger charge is -2.19. The van der Waals surface area contributed by atoms with Crippen LogP contribution < -0.4 is 10.2 Å². The van der Waals surface area contributed by atoms with Gasteiger partial charge in [-0.05, 0) is 32.6 Å². The summed E-state index contributed by atoms with van der Waals surface area (Å²) in [6, 6.07) is 0.775. The van der Waals surface area contributed by atoms with Crippen LogP contribution in [-0.4, -0.2) is 24.1 Å². The maximum absolute atomic E-state index is 4.75.